The Morgan fingerprint density at radius 3 is 2.32 bits per heavy atom. The zero-order valence-corrected chi connectivity index (χ0v) is 17.9. The van der Waals surface area contributed by atoms with E-state index < -0.39 is 0 Å². The molecule has 0 aromatic rings. The van der Waals surface area contributed by atoms with Crippen LogP contribution in [0.1, 0.15) is 47.5 Å². The van der Waals surface area contributed by atoms with Crippen LogP contribution in [-0.4, -0.2) is 10.00 Å². The minimum atomic E-state index is 0. The second-order valence-corrected chi connectivity index (χ2v) is 8.17. The molecular formula is C18H25Cl2STi. The first-order chi connectivity index (χ1) is 8.90. The van der Waals surface area contributed by atoms with Gasteiger partial charge in [-0.1, -0.05) is 51.5 Å². The summed E-state index contributed by atoms with van der Waals surface area (Å²) >= 11 is 2.11. The standard InChI is InChI=1S/C18H25S.2ClH.Ti/c1-14(2)19-18(13-9-8-10-15(18)3)17(4,5)16-11-6-7-12-16;;;/h6,8-11,14H,7,13H2,1-5H3;2*1H;/q-1;;;+3/p-2. The van der Waals surface area contributed by atoms with E-state index in [1.165, 1.54) is 11.1 Å². The minimum Gasteiger partial charge on any atom is -1.00 e. The molecule has 22 heavy (non-hydrogen) atoms. The quantitative estimate of drug-likeness (QED) is 0.459. The minimum absolute atomic E-state index is 0. The summed E-state index contributed by atoms with van der Waals surface area (Å²) in [6.07, 6.45) is 17.0. The molecule has 0 fully saturated rings. The van der Waals surface area contributed by atoms with Crippen LogP contribution in [0.4, 0.5) is 0 Å². The molecule has 121 valence electrons. The maximum Gasteiger partial charge on any atom is 3.00 e. The van der Waals surface area contributed by atoms with Gasteiger partial charge in [0.15, 0.2) is 0 Å². The number of halogens is 2. The molecule has 2 aliphatic rings. The van der Waals surface area contributed by atoms with Crippen molar-refractivity contribution < 1.29 is 46.5 Å². The van der Waals surface area contributed by atoms with Crippen molar-refractivity contribution in [2.24, 2.45) is 5.41 Å². The summed E-state index contributed by atoms with van der Waals surface area (Å²) in [4.78, 5) is 0. The van der Waals surface area contributed by atoms with Crippen LogP contribution in [0.3, 0.4) is 0 Å². The normalized spacial score (nSPS) is 23.2. The van der Waals surface area contributed by atoms with Gasteiger partial charge in [-0.15, -0.1) is 18.2 Å². The smallest absolute Gasteiger partial charge is 1.00 e. The van der Waals surface area contributed by atoms with Gasteiger partial charge in [-0.2, -0.15) is 6.08 Å². The van der Waals surface area contributed by atoms with Gasteiger partial charge in [0.25, 0.3) is 0 Å². The van der Waals surface area contributed by atoms with E-state index in [9.17, 15) is 0 Å². The molecule has 0 aromatic carbocycles. The third kappa shape index (κ3) is 4.57. The van der Waals surface area contributed by atoms with E-state index in [4.69, 9.17) is 0 Å². The SMILES string of the molecule is CC1=CC=CCC1(SC(C)C)C(C)(C)C1=[C-]CC=C1.[Cl-].[Cl-].[Ti+3]. The molecule has 0 nitrogen and oxygen atoms in total. The number of thioether (sulfide) groups is 1. The van der Waals surface area contributed by atoms with E-state index in [-0.39, 0.29) is 56.7 Å². The van der Waals surface area contributed by atoms with Crippen molar-refractivity contribution in [2.75, 3.05) is 0 Å². The van der Waals surface area contributed by atoms with Crippen LogP contribution in [0.5, 0.6) is 0 Å². The molecule has 0 aromatic heterocycles. The maximum atomic E-state index is 3.55. The van der Waals surface area contributed by atoms with Crippen LogP contribution in [0, 0.1) is 11.5 Å². The first kappa shape index (κ1) is 24.9. The van der Waals surface area contributed by atoms with Gasteiger partial charge < -0.3 is 24.8 Å². The summed E-state index contributed by atoms with van der Waals surface area (Å²) in [5.74, 6) is 0. The molecule has 1 atom stereocenters. The zero-order valence-electron chi connectivity index (χ0n) is 14.0. The fraction of sp³-hybridized carbons (Fsp3) is 0.556. The van der Waals surface area contributed by atoms with Crippen molar-refractivity contribution in [1.29, 1.82) is 0 Å². The van der Waals surface area contributed by atoms with Crippen molar-refractivity contribution in [1.82, 2.24) is 0 Å². The molecule has 0 bridgehead atoms. The first-order valence-corrected chi connectivity index (χ1v) is 8.08. The maximum absolute atomic E-state index is 3.55. The third-order valence-corrected chi connectivity index (χ3v) is 6.21. The summed E-state index contributed by atoms with van der Waals surface area (Å²) < 4.78 is 0.160. The van der Waals surface area contributed by atoms with Crippen LogP contribution in [-0.2, 0) is 21.7 Å². The number of hydrogen-bond donors (Lipinski definition) is 0. The Morgan fingerprint density at radius 2 is 1.86 bits per heavy atom. The Kier molecular flexibility index (Phi) is 11.1. The average molecular weight is 392 g/mol. The Labute approximate surface area is 168 Å². The fourth-order valence-corrected chi connectivity index (χ4v) is 4.89. The Morgan fingerprint density at radius 1 is 1.23 bits per heavy atom. The fourth-order valence-electron chi connectivity index (χ4n) is 3.23. The van der Waals surface area contributed by atoms with Crippen LogP contribution >= 0.6 is 11.8 Å². The molecule has 2 rings (SSSR count). The zero-order chi connectivity index (χ0) is 14.1. The van der Waals surface area contributed by atoms with Gasteiger partial charge in [-0.3, -0.25) is 6.08 Å². The predicted octanol–water partition coefficient (Wildman–Crippen LogP) is -0.506. The summed E-state index contributed by atoms with van der Waals surface area (Å²) in [5, 5.41) is 0.625. The second-order valence-electron chi connectivity index (χ2n) is 6.30. The number of allylic oxidation sites excluding steroid dienone is 7. The molecule has 2 aliphatic carbocycles. The molecule has 1 radical (unpaired) electrons. The van der Waals surface area contributed by atoms with Gasteiger partial charge in [0.05, 0.1) is 0 Å². The average Bonchev–Trinajstić information content (AvgIpc) is 2.85. The van der Waals surface area contributed by atoms with Gasteiger partial charge in [0, 0.05) is 4.75 Å². The summed E-state index contributed by atoms with van der Waals surface area (Å²) in [7, 11) is 0. The first-order valence-electron chi connectivity index (χ1n) is 7.20. The van der Waals surface area contributed by atoms with Crippen molar-refractivity contribution in [3.8, 4) is 0 Å². The Hall–Kier alpha value is 0.604. The van der Waals surface area contributed by atoms with Gasteiger partial charge >= 0.3 is 21.7 Å². The number of rotatable bonds is 4. The van der Waals surface area contributed by atoms with E-state index in [0.29, 0.717) is 5.25 Å². The predicted molar refractivity (Wildman–Crippen MR) is 87.3 cm³/mol. The van der Waals surface area contributed by atoms with Crippen LogP contribution < -0.4 is 24.8 Å². The molecule has 0 aliphatic heterocycles. The summed E-state index contributed by atoms with van der Waals surface area (Å²) in [6, 6.07) is 0. The molecule has 0 N–H and O–H groups in total. The van der Waals surface area contributed by atoms with Crippen molar-refractivity contribution >= 4 is 11.8 Å². The topological polar surface area (TPSA) is 0 Å². The molecule has 0 saturated carbocycles. The molecule has 1 unspecified atom stereocenters. The van der Waals surface area contributed by atoms with Crippen LogP contribution in [0.2, 0.25) is 0 Å². The van der Waals surface area contributed by atoms with E-state index in [1.54, 1.807) is 0 Å². The van der Waals surface area contributed by atoms with Crippen molar-refractivity contribution in [2.45, 2.75) is 57.5 Å². The molecular weight excluding hydrogens is 367 g/mol. The molecule has 0 heterocycles. The molecule has 0 amide bonds. The molecule has 0 spiro atoms. The van der Waals surface area contributed by atoms with E-state index in [0.717, 1.165) is 12.8 Å². The van der Waals surface area contributed by atoms with Crippen molar-refractivity contribution in [3.63, 3.8) is 0 Å². The third-order valence-electron chi connectivity index (χ3n) is 4.34. The van der Waals surface area contributed by atoms with E-state index in [2.05, 4.69) is 82.8 Å². The van der Waals surface area contributed by atoms with Crippen molar-refractivity contribution in [3.05, 3.63) is 47.6 Å². The largest absolute Gasteiger partial charge is 3.00 e. The Bertz CT molecular complexity index is 475. The summed E-state index contributed by atoms with van der Waals surface area (Å²) in [5.41, 5.74) is 2.98. The van der Waals surface area contributed by atoms with Crippen LogP contribution in [0.25, 0.3) is 0 Å². The monoisotopic (exact) mass is 391 g/mol. The van der Waals surface area contributed by atoms with E-state index >= 15 is 0 Å². The number of hydrogen-bond acceptors (Lipinski definition) is 1. The van der Waals surface area contributed by atoms with Crippen LogP contribution in [0.15, 0.2) is 41.5 Å². The Balaban J connectivity index is 0. The summed E-state index contributed by atoms with van der Waals surface area (Å²) in [6.45, 7) is 11.7. The second kappa shape index (κ2) is 9.79. The molecule has 0 saturated heterocycles. The van der Waals surface area contributed by atoms with Gasteiger partial charge in [0.2, 0.25) is 0 Å². The molecule has 4 heteroatoms. The van der Waals surface area contributed by atoms with Gasteiger partial charge in [-0.05, 0) is 24.0 Å². The van der Waals surface area contributed by atoms with Gasteiger partial charge in [-0.25, -0.2) is 11.6 Å². The van der Waals surface area contributed by atoms with E-state index in [1.807, 2.05) is 0 Å². The van der Waals surface area contributed by atoms with Gasteiger partial charge in [0.1, 0.15) is 0 Å².